The number of aromatic hydroxyl groups is 1. The highest BCUT2D eigenvalue weighted by molar-refractivity contribution is 6.32. The van der Waals surface area contributed by atoms with E-state index in [1.165, 1.54) is 36.2 Å². The number of hydrogen-bond donors (Lipinski definition) is 2. The quantitative estimate of drug-likeness (QED) is 0.913. The minimum absolute atomic E-state index is 0.0261. The number of para-hydroxylation sites is 1. The maximum atomic E-state index is 12.4. The van der Waals surface area contributed by atoms with Crippen LogP contribution in [0.4, 0.5) is 5.69 Å². The number of rotatable bonds is 3. The molecule has 2 rings (SSSR count). The van der Waals surface area contributed by atoms with Crippen LogP contribution >= 0.6 is 11.6 Å². The summed E-state index contributed by atoms with van der Waals surface area (Å²) in [5.74, 6) is -1.67. The minimum Gasteiger partial charge on any atom is -0.506 e. The molecule has 0 bridgehead atoms. The lowest BCUT2D eigenvalue weighted by molar-refractivity contribution is 0.0697. The van der Waals surface area contributed by atoms with Crippen molar-refractivity contribution in [3.8, 4) is 5.75 Å². The van der Waals surface area contributed by atoms with Crippen molar-refractivity contribution < 1.29 is 19.8 Å². The van der Waals surface area contributed by atoms with Gasteiger partial charge in [0.05, 0.1) is 16.3 Å². The summed E-state index contributed by atoms with van der Waals surface area (Å²) in [7, 11) is 1.48. The molecule has 2 aromatic carbocycles. The van der Waals surface area contributed by atoms with Gasteiger partial charge in [-0.1, -0.05) is 23.7 Å². The van der Waals surface area contributed by atoms with E-state index < -0.39 is 11.9 Å². The van der Waals surface area contributed by atoms with E-state index in [1.54, 1.807) is 18.2 Å². The number of nitrogens with zero attached hydrogens (tertiary/aromatic N) is 1. The van der Waals surface area contributed by atoms with Crippen molar-refractivity contribution in [3.63, 3.8) is 0 Å². The predicted molar refractivity (Wildman–Crippen MR) is 79.3 cm³/mol. The van der Waals surface area contributed by atoms with Crippen LogP contribution in [0, 0.1) is 0 Å². The fourth-order valence-corrected chi connectivity index (χ4v) is 2.07. The molecule has 0 saturated carbocycles. The summed E-state index contributed by atoms with van der Waals surface area (Å²) in [6.45, 7) is 0. The summed E-state index contributed by atoms with van der Waals surface area (Å²) >= 11 is 5.78. The average Bonchev–Trinajstić information content (AvgIpc) is 2.48. The normalized spacial score (nSPS) is 10.2. The number of amides is 1. The number of benzene rings is 2. The van der Waals surface area contributed by atoms with Gasteiger partial charge in [0.15, 0.2) is 0 Å². The van der Waals surface area contributed by atoms with Crippen molar-refractivity contribution in [2.24, 2.45) is 0 Å². The summed E-state index contributed by atoms with van der Waals surface area (Å²) < 4.78 is 0. The van der Waals surface area contributed by atoms with Gasteiger partial charge >= 0.3 is 5.97 Å². The number of anilines is 1. The van der Waals surface area contributed by atoms with Gasteiger partial charge in [0.25, 0.3) is 5.91 Å². The van der Waals surface area contributed by atoms with Gasteiger partial charge < -0.3 is 15.1 Å². The molecule has 0 heterocycles. The summed E-state index contributed by atoms with van der Waals surface area (Å²) in [5, 5.41) is 18.6. The number of carbonyl (C=O) groups is 2. The third kappa shape index (κ3) is 2.98. The first-order valence-corrected chi connectivity index (χ1v) is 6.38. The Bertz CT molecular complexity index is 715. The van der Waals surface area contributed by atoms with Crippen LogP contribution in [0.2, 0.25) is 5.02 Å². The second-order valence-electron chi connectivity index (χ2n) is 4.35. The molecule has 0 unspecified atom stereocenters. The van der Waals surface area contributed by atoms with Gasteiger partial charge in [0.1, 0.15) is 5.75 Å². The van der Waals surface area contributed by atoms with E-state index in [-0.39, 0.29) is 27.6 Å². The molecule has 0 fully saturated rings. The topological polar surface area (TPSA) is 77.8 Å². The summed E-state index contributed by atoms with van der Waals surface area (Å²) in [4.78, 5) is 24.8. The predicted octanol–water partition coefficient (Wildman–Crippen LogP) is 3.02. The van der Waals surface area contributed by atoms with Gasteiger partial charge in [-0.15, -0.1) is 0 Å². The van der Waals surface area contributed by atoms with Gasteiger partial charge in [-0.25, -0.2) is 4.79 Å². The van der Waals surface area contributed by atoms with E-state index in [0.717, 1.165) is 0 Å². The molecule has 0 saturated heterocycles. The monoisotopic (exact) mass is 305 g/mol. The van der Waals surface area contributed by atoms with Gasteiger partial charge in [0.2, 0.25) is 0 Å². The van der Waals surface area contributed by atoms with Crippen LogP contribution in [-0.4, -0.2) is 29.1 Å². The van der Waals surface area contributed by atoms with Crippen LogP contribution in [0.25, 0.3) is 0 Å². The zero-order valence-electron chi connectivity index (χ0n) is 11.1. The summed E-state index contributed by atoms with van der Waals surface area (Å²) in [6, 6.07) is 10.3. The second kappa shape index (κ2) is 5.85. The second-order valence-corrected chi connectivity index (χ2v) is 4.76. The Morgan fingerprint density at radius 3 is 2.43 bits per heavy atom. The number of carbonyl (C=O) groups excluding carboxylic acids is 1. The molecule has 0 atom stereocenters. The molecule has 21 heavy (non-hydrogen) atoms. The molecular weight excluding hydrogens is 294 g/mol. The van der Waals surface area contributed by atoms with Crippen molar-refractivity contribution in [2.45, 2.75) is 0 Å². The molecule has 0 aliphatic rings. The minimum atomic E-state index is -1.12. The number of carboxylic acids is 1. The van der Waals surface area contributed by atoms with E-state index >= 15 is 0 Å². The van der Waals surface area contributed by atoms with E-state index in [9.17, 15) is 14.7 Å². The maximum Gasteiger partial charge on any atom is 0.337 e. The SMILES string of the molecule is CN(C(=O)c1ccc(O)c(Cl)c1)c1ccccc1C(=O)O. The molecule has 1 amide bonds. The lowest BCUT2D eigenvalue weighted by atomic mass is 10.1. The lowest BCUT2D eigenvalue weighted by Crippen LogP contribution is -2.27. The van der Waals surface area contributed by atoms with Crippen LogP contribution < -0.4 is 4.90 Å². The van der Waals surface area contributed by atoms with Crippen molar-refractivity contribution in [2.75, 3.05) is 11.9 Å². The number of phenolic OH excluding ortho intramolecular Hbond substituents is 1. The maximum absolute atomic E-state index is 12.4. The molecule has 108 valence electrons. The Balaban J connectivity index is 2.40. The number of hydrogen-bond acceptors (Lipinski definition) is 3. The zero-order valence-corrected chi connectivity index (χ0v) is 11.8. The molecule has 0 spiro atoms. The van der Waals surface area contributed by atoms with Crippen molar-refractivity contribution in [1.82, 2.24) is 0 Å². The third-order valence-corrected chi connectivity index (χ3v) is 3.30. The number of carboxylic acid groups (broad SMARTS) is 1. The highest BCUT2D eigenvalue weighted by atomic mass is 35.5. The van der Waals surface area contributed by atoms with Crippen LogP contribution in [0.15, 0.2) is 42.5 Å². The van der Waals surface area contributed by atoms with Gasteiger partial charge in [-0.2, -0.15) is 0 Å². The highest BCUT2D eigenvalue weighted by Crippen LogP contribution is 2.26. The number of aromatic carboxylic acids is 1. The smallest absolute Gasteiger partial charge is 0.337 e. The van der Waals surface area contributed by atoms with Crippen molar-refractivity contribution in [1.29, 1.82) is 0 Å². The molecule has 2 N–H and O–H groups in total. The molecule has 0 radical (unpaired) electrons. The van der Waals surface area contributed by atoms with Crippen LogP contribution in [-0.2, 0) is 0 Å². The van der Waals surface area contributed by atoms with Gasteiger partial charge in [-0.3, -0.25) is 4.79 Å². The number of halogens is 1. The van der Waals surface area contributed by atoms with E-state index in [0.29, 0.717) is 0 Å². The number of phenols is 1. The standard InChI is InChI=1S/C15H12ClNO4/c1-17(12-5-3-2-4-10(12)15(20)21)14(19)9-6-7-13(18)11(16)8-9/h2-8,18H,1H3,(H,20,21). The van der Waals surface area contributed by atoms with Crippen LogP contribution in [0.3, 0.4) is 0 Å². The Morgan fingerprint density at radius 2 is 1.81 bits per heavy atom. The highest BCUT2D eigenvalue weighted by Gasteiger charge is 2.19. The average molecular weight is 306 g/mol. The Hall–Kier alpha value is -2.53. The lowest BCUT2D eigenvalue weighted by Gasteiger charge is -2.19. The van der Waals surface area contributed by atoms with Crippen molar-refractivity contribution in [3.05, 3.63) is 58.6 Å². The fraction of sp³-hybridized carbons (Fsp3) is 0.0667. The summed E-state index contributed by atoms with van der Waals surface area (Å²) in [5.41, 5.74) is 0.554. The Labute approximate surface area is 126 Å². The van der Waals surface area contributed by atoms with E-state index in [1.807, 2.05) is 0 Å². The van der Waals surface area contributed by atoms with E-state index in [4.69, 9.17) is 16.7 Å². The molecule has 0 aliphatic heterocycles. The van der Waals surface area contributed by atoms with Crippen molar-refractivity contribution >= 4 is 29.2 Å². The third-order valence-electron chi connectivity index (χ3n) is 3.00. The van der Waals surface area contributed by atoms with E-state index in [2.05, 4.69) is 0 Å². The molecule has 0 aromatic heterocycles. The molecule has 5 nitrogen and oxygen atoms in total. The largest absolute Gasteiger partial charge is 0.506 e. The van der Waals surface area contributed by atoms with Crippen LogP contribution in [0.5, 0.6) is 5.75 Å². The first kappa shape index (κ1) is 14.9. The zero-order chi connectivity index (χ0) is 15.6. The summed E-state index contributed by atoms with van der Waals surface area (Å²) in [6.07, 6.45) is 0. The van der Waals surface area contributed by atoms with Crippen LogP contribution in [0.1, 0.15) is 20.7 Å². The Kier molecular flexibility index (Phi) is 4.14. The molecule has 0 aliphatic carbocycles. The Morgan fingerprint density at radius 1 is 1.14 bits per heavy atom. The molecule has 2 aromatic rings. The molecular formula is C15H12ClNO4. The van der Waals surface area contributed by atoms with Gasteiger partial charge in [0, 0.05) is 12.6 Å². The first-order valence-electron chi connectivity index (χ1n) is 6.00. The fourth-order valence-electron chi connectivity index (χ4n) is 1.89. The molecule has 6 heteroatoms. The first-order chi connectivity index (χ1) is 9.91. The van der Waals surface area contributed by atoms with Gasteiger partial charge in [-0.05, 0) is 30.3 Å².